The van der Waals surface area contributed by atoms with Crippen LogP contribution in [0.5, 0.6) is 5.75 Å². The molecule has 1 spiro atoms. The van der Waals surface area contributed by atoms with Crippen molar-refractivity contribution in [1.82, 2.24) is 0 Å². The summed E-state index contributed by atoms with van der Waals surface area (Å²) in [4.78, 5) is 0. The van der Waals surface area contributed by atoms with Crippen molar-refractivity contribution in [2.45, 2.75) is 51.7 Å². The number of benzene rings is 1. The van der Waals surface area contributed by atoms with Crippen LogP contribution >= 0.6 is 0 Å². The molecule has 1 saturated carbocycles. The molecule has 2 N–H and O–H groups in total. The van der Waals surface area contributed by atoms with Gasteiger partial charge >= 0.3 is 0 Å². The van der Waals surface area contributed by atoms with Gasteiger partial charge < -0.3 is 10.5 Å². The molecule has 1 aliphatic carbocycles. The van der Waals surface area contributed by atoms with Gasteiger partial charge in [-0.05, 0) is 42.4 Å². The molecule has 0 aromatic heterocycles. The first kappa shape index (κ1) is 12.9. The molecule has 104 valence electrons. The summed E-state index contributed by atoms with van der Waals surface area (Å²) >= 11 is 0. The number of hydrogen-bond donors (Lipinski definition) is 1. The van der Waals surface area contributed by atoms with Crippen LogP contribution in [-0.2, 0) is 0 Å². The monoisotopic (exact) mass is 263 g/mol. The molecule has 1 aromatic carbocycles. The number of fused-ring (bicyclic) bond motifs is 1. The lowest BCUT2D eigenvalue weighted by molar-refractivity contribution is 0.00167. The summed E-state index contributed by atoms with van der Waals surface area (Å²) < 4.78 is 19.6. The van der Waals surface area contributed by atoms with E-state index in [9.17, 15) is 4.39 Å². The molecule has 0 amide bonds. The highest BCUT2D eigenvalue weighted by Gasteiger charge is 2.53. The number of nitrogens with two attached hydrogens (primary N) is 1. The van der Waals surface area contributed by atoms with E-state index in [0.717, 1.165) is 30.6 Å². The molecule has 3 atom stereocenters. The van der Waals surface area contributed by atoms with E-state index in [1.165, 1.54) is 12.1 Å². The molecule has 1 aromatic rings. The summed E-state index contributed by atoms with van der Waals surface area (Å²) in [5, 5.41) is 0. The number of rotatable bonds is 0. The fourth-order valence-electron chi connectivity index (χ4n) is 4.13. The summed E-state index contributed by atoms with van der Waals surface area (Å²) in [5.74, 6) is 1.00. The maximum atomic E-state index is 13.3. The van der Waals surface area contributed by atoms with E-state index >= 15 is 0 Å². The highest BCUT2D eigenvalue weighted by Crippen LogP contribution is 2.55. The van der Waals surface area contributed by atoms with Crippen LogP contribution < -0.4 is 10.5 Å². The molecule has 0 saturated heterocycles. The van der Waals surface area contributed by atoms with Gasteiger partial charge in [-0.25, -0.2) is 4.39 Å². The number of ether oxygens (including phenoxy) is 1. The van der Waals surface area contributed by atoms with Gasteiger partial charge in [-0.3, -0.25) is 0 Å². The molecule has 3 heteroatoms. The molecule has 1 fully saturated rings. The maximum Gasteiger partial charge on any atom is 0.125 e. The standard InChI is InChI=1S/C16H22FNO/c1-10-7-15(2,3)9-16(10)8-13(18)12-6-11(17)4-5-14(12)19-16/h4-6,10,13H,7-9,18H2,1-3H3/t10?,13-,16?/m1/s1. The van der Waals surface area contributed by atoms with Gasteiger partial charge in [0, 0.05) is 18.0 Å². The zero-order valence-electron chi connectivity index (χ0n) is 11.9. The Balaban J connectivity index is 1.99. The van der Waals surface area contributed by atoms with Crippen molar-refractivity contribution in [1.29, 1.82) is 0 Å². The third-order valence-corrected chi connectivity index (χ3v) is 4.78. The minimum absolute atomic E-state index is 0.129. The number of halogens is 1. The summed E-state index contributed by atoms with van der Waals surface area (Å²) in [6.45, 7) is 6.82. The fraction of sp³-hybridized carbons (Fsp3) is 0.625. The summed E-state index contributed by atoms with van der Waals surface area (Å²) in [6.07, 6.45) is 2.95. The molecule has 19 heavy (non-hydrogen) atoms. The van der Waals surface area contributed by atoms with Crippen LogP contribution in [0, 0.1) is 17.2 Å². The molecule has 2 nitrogen and oxygen atoms in total. The van der Waals surface area contributed by atoms with Crippen LogP contribution in [0.15, 0.2) is 18.2 Å². The Morgan fingerprint density at radius 1 is 1.32 bits per heavy atom. The van der Waals surface area contributed by atoms with Gasteiger partial charge in [0.1, 0.15) is 17.2 Å². The minimum Gasteiger partial charge on any atom is -0.487 e. The van der Waals surface area contributed by atoms with E-state index in [-0.39, 0.29) is 22.9 Å². The zero-order chi connectivity index (χ0) is 13.8. The molecule has 2 aliphatic rings. The van der Waals surface area contributed by atoms with Crippen molar-refractivity contribution >= 4 is 0 Å². The Morgan fingerprint density at radius 3 is 2.68 bits per heavy atom. The van der Waals surface area contributed by atoms with Gasteiger partial charge in [0.2, 0.25) is 0 Å². The van der Waals surface area contributed by atoms with Gasteiger partial charge in [0.05, 0.1) is 0 Å². The largest absolute Gasteiger partial charge is 0.487 e. The lowest BCUT2D eigenvalue weighted by Crippen LogP contribution is -2.45. The van der Waals surface area contributed by atoms with Crippen LogP contribution in [0.1, 0.15) is 51.6 Å². The first-order chi connectivity index (χ1) is 8.81. The lowest BCUT2D eigenvalue weighted by Gasteiger charge is -2.42. The second-order valence-corrected chi connectivity index (χ2v) is 7.11. The summed E-state index contributed by atoms with van der Waals surface area (Å²) in [6, 6.07) is 4.56. The zero-order valence-corrected chi connectivity index (χ0v) is 11.9. The Bertz CT molecular complexity index is 513. The van der Waals surface area contributed by atoms with Crippen LogP contribution in [0.2, 0.25) is 0 Å². The van der Waals surface area contributed by atoms with Crippen LogP contribution in [0.25, 0.3) is 0 Å². The van der Waals surface area contributed by atoms with Crippen molar-refractivity contribution in [3.05, 3.63) is 29.6 Å². The molecule has 1 heterocycles. The number of hydrogen-bond acceptors (Lipinski definition) is 2. The molecule has 0 bridgehead atoms. The third kappa shape index (κ3) is 2.04. The lowest BCUT2D eigenvalue weighted by atomic mass is 9.80. The fourth-order valence-corrected chi connectivity index (χ4v) is 4.13. The second-order valence-electron chi connectivity index (χ2n) is 7.11. The van der Waals surface area contributed by atoms with Gasteiger partial charge in [-0.1, -0.05) is 20.8 Å². The summed E-state index contributed by atoms with van der Waals surface area (Å²) in [7, 11) is 0. The molecular formula is C16H22FNO. The molecule has 2 unspecified atom stereocenters. The van der Waals surface area contributed by atoms with E-state index in [4.69, 9.17) is 10.5 Å². The quantitative estimate of drug-likeness (QED) is 0.772. The maximum absolute atomic E-state index is 13.3. The third-order valence-electron chi connectivity index (χ3n) is 4.78. The smallest absolute Gasteiger partial charge is 0.125 e. The van der Waals surface area contributed by atoms with Gasteiger partial charge in [0.15, 0.2) is 0 Å². The normalized spacial score (nSPS) is 36.1. The predicted octanol–water partition coefficient (Wildman–Crippen LogP) is 3.80. The predicted molar refractivity (Wildman–Crippen MR) is 73.5 cm³/mol. The second kappa shape index (κ2) is 3.95. The Labute approximate surface area is 114 Å². The van der Waals surface area contributed by atoms with Crippen LogP contribution in [0.4, 0.5) is 4.39 Å². The van der Waals surface area contributed by atoms with Crippen molar-refractivity contribution in [3.8, 4) is 5.75 Å². The van der Waals surface area contributed by atoms with Crippen LogP contribution in [0.3, 0.4) is 0 Å². The Morgan fingerprint density at radius 2 is 2.05 bits per heavy atom. The average Bonchev–Trinajstić information content (AvgIpc) is 2.49. The minimum atomic E-state index is -0.242. The van der Waals surface area contributed by atoms with Gasteiger partial charge in [0.25, 0.3) is 0 Å². The summed E-state index contributed by atoms with van der Waals surface area (Å²) in [5.41, 5.74) is 7.20. The van der Waals surface area contributed by atoms with E-state index in [1.54, 1.807) is 6.07 Å². The van der Waals surface area contributed by atoms with E-state index in [0.29, 0.717) is 5.92 Å². The van der Waals surface area contributed by atoms with E-state index < -0.39 is 0 Å². The topological polar surface area (TPSA) is 35.2 Å². The van der Waals surface area contributed by atoms with E-state index in [1.807, 2.05) is 0 Å². The van der Waals surface area contributed by atoms with Gasteiger partial charge in [-0.15, -0.1) is 0 Å². The Hall–Kier alpha value is -1.09. The highest BCUT2D eigenvalue weighted by molar-refractivity contribution is 5.39. The molecular weight excluding hydrogens is 241 g/mol. The molecule has 1 aliphatic heterocycles. The molecule has 3 rings (SSSR count). The highest BCUT2D eigenvalue weighted by atomic mass is 19.1. The Kier molecular flexibility index (Phi) is 2.69. The van der Waals surface area contributed by atoms with Crippen LogP contribution in [-0.4, -0.2) is 5.60 Å². The first-order valence-electron chi connectivity index (χ1n) is 7.05. The van der Waals surface area contributed by atoms with Crippen molar-refractivity contribution < 1.29 is 9.13 Å². The van der Waals surface area contributed by atoms with Crippen molar-refractivity contribution in [2.24, 2.45) is 17.1 Å². The van der Waals surface area contributed by atoms with Crippen molar-refractivity contribution in [3.63, 3.8) is 0 Å². The average molecular weight is 263 g/mol. The van der Waals surface area contributed by atoms with E-state index in [2.05, 4.69) is 20.8 Å². The van der Waals surface area contributed by atoms with Crippen molar-refractivity contribution in [2.75, 3.05) is 0 Å². The first-order valence-corrected chi connectivity index (χ1v) is 7.05. The molecule has 0 radical (unpaired) electrons. The van der Waals surface area contributed by atoms with Gasteiger partial charge in [-0.2, -0.15) is 0 Å². The SMILES string of the molecule is CC1CC(C)(C)CC12C[C@@H](N)c1cc(F)ccc1O2.